The Morgan fingerprint density at radius 2 is 2.21 bits per heavy atom. The molecule has 0 saturated heterocycles. The van der Waals surface area contributed by atoms with Crippen molar-refractivity contribution in [1.29, 1.82) is 0 Å². The Kier molecular flexibility index (Phi) is 2.01. The van der Waals surface area contributed by atoms with Gasteiger partial charge in [-0.05, 0) is 0 Å². The van der Waals surface area contributed by atoms with Gasteiger partial charge in [0.2, 0.25) is 5.65 Å². The number of hydrogen-bond donors (Lipinski definition) is 0. The number of fused-ring (bicyclic) bond motifs is 1. The Morgan fingerprint density at radius 3 is 2.86 bits per heavy atom. The highest BCUT2D eigenvalue weighted by Gasteiger charge is 2.18. The van der Waals surface area contributed by atoms with Gasteiger partial charge in [0.25, 0.3) is 0 Å². The maximum absolute atomic E-state index is 10.5. The van der Waals surface area contributed by atoms with E-state index in [1.165, 1.54) is 6.07 Å². The van der Waals surface area contributed by atoms with E-state index < -0.39 is 4.92 Å². The molecule has 0 radical (unpaired) electrons. The molecule has 8 heteroatoms. The third kappa shape index (κ3) is 1.28. The highest BCUT2D eigenvalue weighted by Crippen LogP contribution is 2.22. The van der Waals surface area contributed by atoms with Gasteiger partial charge in [0, 0.05) is 6.07 Å². The minimum atomic E-state index is -0.595. The average Bonchev–Trinajstić information content (AvgIpc) is 2.47. The Labute approximate surface area is 87.2 Å². The van der Waals surface area contributed by atoms with Gasteiger partial charge in [-0.3, -0.25) is 10.1 Å². The molecule has 0 unspecified atom stereocenters. The second-order valence-corrected chi connectivity index (χ2v) is 3.20. The van der Waals surface area contributed by atoms with Crippen molar-refractivity contribution < 1.29 is 4.92 Å². The highest BCUT2D eigenvalue weighted by atomic mass is 35.5. The van der Waals surface area contributed by atoms with E-state index in [-0.39, 0.29) is 21.6 Å². The lowest BCUT2D eigenvalue weighted by molar-refractivity contribution is -0.383. The van der Waals surface area contributed by atoms with Gasteiger partial charge in [0.05, 0.1) is 4.92 Å². The van der Waals surface area contributed by atoms with Gasteiger partial charge in [0.1, 0.15) is 16.5 Å². The number of nitro groups is 1. The molecule has 2 heterocycles. The molecule has 0 saturated carbocycles. The molecule has 0 aromatic carbocycles. The molecule has 72 valence electrons. The topological polar surface area (TPSA) is 73.3 Å². The first-order chi connectivity index (χ1) is 6.59. The minimum absolute atomic E-state index is 0.0347. The van der Waals surface area contributed by atoms with Crippen molar-refractivity contribution in [3.8, 4) is 0 Å². The summed E-state index contributed by atoms with van der Waals surface area (Å²) in [6, 6.07) is 1.35. The summed E-state index contributed by atoms with van der Waals surface area (Å²) in [5, 5.41) is 14.5. The van der Waals surface area contributed by atoms with Crippen molar-refractivity contribution in [2.45, 2.75) is 0 Å². The molecule has 14 heavy (non-hydrogen) atoms. The van der Waals surface area contributed by atoms with Crippen molar-refractivity contribution in [2.75, 3.05) is 0 Å². The summed E-state index contributed by atoms with van der Waals surface area (Å²) >= 11 is 11.3. The van der Waals surface area contributed by atoms with Crippen molar-refractivity contribution in [2.24, 2.45) is 0 Å². The fraction of sp³-hybridized carbons (Fsp3) is 0. The normalized spacial score (nSPS) is 10.7. The van der Waals surface area contributed by atoms with Gasteiger partial charge in [0.15, 0.2) is 0 Å². The molecule has 0 aliphatic carbocycles. The molecule has 2 aromatic rings. The Morgan fingerprint density at radius 1 is 1.50 bits per heavy atom. The second kappa shape index (κ2) is 3.07. The standard InChI is InChI=1S/C6H2Cl2N4O2/c7-4-1-5(8)11-6(10-4)3(2-9-11)12(13)14/h1-2H. The summed E-state index contributed by atoms with van der Waals surface area (Å²) in [4.78, 5) is 13.7. The number of halogens is 2. The third-order valence-electron chi connectivity index (χ3n) is 1.58. The van der Waals surface area contributed by atoms with Crippen molar-refractivity contribution in [1.82, 2.24) is 14.6 Å². The second-order valence-electron chi connectivity index (χ2n) is 2.42. The Hall–Kier alpha value is -1.40. The van der Waals surface area contributed by atoms with Gasteiger partial charge < -0.3 is 0 Å². The molecule has 0 aliphatic heterocycles. The van der Waals surface area contributed by atoms with Crippen LogP contribution in [0.25, 0.3) is 5.65 Å². The van der Waals surface area contributed by atoms with Crippen LogP contribution >= 0.6 is 23.2 Å². The molecule has 0 aliphatic rings. The lowest BCUT2D eigenvalue weighted by Gasteiger charge is -1.95. The zero-order valence-corrected chi connectivity index (χ0v) is 8.03. The van der Waals surface area contributed by atoms with Crippen LogP contribution in [0.1, 0.15) is 0 Å². The summed E-state index contributed by atoms with van der Waals surface area (Å²) in [7, 11) is 0. The lowest BCUT2D eigenvalue weighted by atomic mass is 10.5. The zero-order chi connectivity index (χ0) is 10.3. The number of hydrogen-bond acceptors (Lipinski definition) is 4. The largest absolute Gasteiger partial charge is 0.333 e. The van der Waals surface area contributed by atoms with Gasteiger partial charge >= 0.3 is 5.69 Å². The molecule has 0 spiro atoms. The molecular weight excluding hydrogens is 231 g/mol. The van der Waals surface area contributed by atoms with E-state index >= 15 is 0 Å². The van der Waals surface area contributed by atoms with Crippen LogP contribution in [-0.2, 0) is 0 Å². The van der Waals surface area contributed by atoms with Crippen LogP contribution in [0, 0.1) is 10.1 Å². The number of rotatable bonds is 1. The smallest absolute Gasteiger partial charge is 0.258 e. The van der Waals surface area contributed by atoms with Crippen molar-refractivity contribution in [3.05, 3.63) is 32.7 Å². The van der Waals surface area contributed by atoms with E-state index in [1.54, 1.807) is 0 Å². The average molecular weight is 233 g/mol. The molecule has 0 bridgehead atoms. The summed E-state index contributed by atoms with van der Waals surface area (Å²) in [6.45, 7) is 0. The molecule has 2 rings (SSSR count). The summed E-state index contributed by atoms with van der Waals surface area (Å²) in [6.07, 6.45) is 1.07. The van der Waals surface area contributed by atoms with E-state index in [0.29, 0.717) is 0 Å². The molecule has 0 amide bonds. The van der Waals surface area contributed by atoms with E-state index in [0.717, 1.165) is 10.7 Å². The fourth-order valence-electron chi connectivity index (χ4n) is 1.02. The quantitative estimate of drug-likeness (QED) is 0.428. The Balaban J connectivity index is 2.85. The van der Waals surface area contributed by atoms with Crippen LogP contribution in [0.5, 0.6) is 0 Å². The van der Waals surface area contributed by atoms with Gasteiger partial charge in [-0.15, -0.1) is 0 Å². The third-order valence-corrected chi connectivity index (χ3v) is 2.04. The van der Waals surface area contributed by atoms with E-state index in [2.05, 4.69) is 10.1 Å². The fourth-order valence-corrected chi connectivity index (χ4v) is 1.48. The Bertz CT molecular complexity index is 524. The first kappa shape index (κ1) is 9.17. The first-order valence-electron chi connectivity index (χ1n) is 3.44. The zero-order valence-electron chi connectivity index (χ0n) is 6.52. The van der Waals surface area contributed by atoms with Crippen molar-refractivity contribution >= 4 is 34.5 Å². The van der Waals surface area contributed by atoms with Crippen LogP contribution in [0.4, 0.5) is 5.69 Å². The predicted molar refractivity (Wildman–Crippen MR) is 49.7 cm³/mol. The van der Waals surface area contributed by atoms with E-state index in [1.807, 2.05) is 0 Å². The molecule has 6 nitrogen and oxygen atoms in total. The lowest BCUT2D eigenvalue weighted by Crippen LogP contribution is -1.94. The van der Waals surface area contributed by atoms with E-state index in [4.69, 9.17) is 23.2 Å². The molecule has 0 fully saturated rings. The van der Waals surface area contributed by atoms with Crippen LogP contribution in [0.2, 0.25) is 10.3 Å². The van der Waals surface area contributed by atoms with Crippen LogP contribution in [0.15, 0.2) is 12.3 Å². The van der Waals surface area contributed by atoms with Crippen LogP contribution in [-0.4, -0.2) is 19.5 Å². The summed E-state index contributed by atoms with van der Waals surface area (Å²) in [5.41, 5.74) is -0.193. The first-order valence-corrected chi connectivity index (χ1v) is 4.19. The van der Waals surface area contributed by atoms with Crippen molar-refractivity contribution in [3.63, 3.8) is 0 Å². The number of aromatic nitrogens is 3. The number of nitrogens with zero attached hydrogens (tertiary/aromatic N) is 4. The maximum Gasteiger partial charge on any atom is 0.333 e. The predicted octanol–water partition coefficient (Wildman–Crippen LogP) is 1.94. The van der Waals surface area contributed by atoms with Crippen LogP contribution in [0.3, 0.4) is 0 Å². The summed E-state index contributed by atoms with van der Waals surface area (Å²) in [5.74, 6) is 0. The SMILES string of the molecule is O=[N+]([O-])c1cnn2c(Cl)cc(Cl)nc12. The summed E-state index contributed by atoms with van der Waals surface area (Å²) < 4.78 is 1.14. The molecule has 2 aromatic heterocycles. The van der Waals surface area contributed by atoms with Crippen LogP contribution < -0.4 is 0 Å². The van der Waals surface area contributed by atoms with Gasteiger partial charge in [-0.25, -0.2) is 4.98 Å². The monoisotopic (exact) mass is 232 g/mol. The van der Waals surface area contributed by atoms with Gasteiger partial charge in [-0.1, -0.05) is 23.2 Å². The highest BCUT2D eigenvalue weighted by molar-refractivity contribution is 6.33. The molecular formula is C6H2Cl2N4O2. The maximum atomic E-state index is 10.5. The molecule has 0 N–H and O–H groups in total. The van der Waals surface area contributed by atoms with Gasteiger partial charge in [-0.2, -0.15) is 9.61 Å². The van der Waals surface area contributed by atoms with E-state index in [9.17, 15) is 10.1 Å². The minimum Gasteiger partial charge on any atom is -0.258 e. The molecule has 0 atom stereocenters.